The fourth-order valence-corrected chi connectivity index (χ4v) is 4.28. The molecule has 6 heteroatoms. The second kappa shape index (κ2) is 9.47. The van der Waals surface area contributed by atoms with Crippen molar-refractivity contribution in [2.24, 2.45) is 0 Å². The number of anilines is 1. The molecule has 3 aromatic carbocycles. The number of likely N-dealkylation sites (tertiary alicyclic amines) is 1. The average molecular weight is 438 g/mol. The van der Waals surface area contributed by atoms with Crippen molar-refractivity contribution in [2.45, 2.75) is 31.0 Å². The lowest BCUT2D eigenvalue weighted by Crippen LogP contribution is -2.37. The number of nitrogens with one attached hydrogen (secondary N) is 1. The highest BCUT2D eigenvalue weighted by molar-refractivity contribution is 5.85. The maximum absolute atomic E-state index is 13.7. The molecule has 1 N–H and O–H groups in total. The molecular weight excluding hydrogens is 413 g/mol. The van der Waals surface area contributed by atoms with E-state index in [1.54, 1.807) is 0 Å². The predicted molar refractivity (Wildman–Crippen MR) is 119 cm³/mol. The number of hydrogen-bond donors (Lipinski definition) is 1. The molecule has 1 amide bonds. The second-order valence-corrected chi connectivity index (χ2v) is 8.02. The molecule has 0 saturated carbocycles. The molecule has 1 aliphatic rings. The summed E-state index contributed by atoms with van der Waals surface area (Å²) >= 11 is 0. The van der Waals surface area contributed by atoms with Crippen LogP contribution in [0.5, 0.6) is 0 Å². The van der Waals surface area contributed by atoms with Crippen LogP contribution >= 0.6 is 0 Å². The van der Waals surface area contributed by atoms with Gasteiger partial charge in [0.25, 0.3) is 0 Å². The van der Waals surface area contributed by atoms with Crippen molar-refractivity contribution in [3.8, 4) is 0 Å². The first-order valence-electron chi connectivity index (χ1n) is 10.7. The van der Waals surface area contributed by atoms with Crippen LogP contribution in [-0.2, 0) is 11.0 Å². The monoisotopic (exact) mass is 438 g/mol. The smallest absolute Gasteiger partial charge is 0.384 e. The lowest BCUT2D eigenvalue weighted by Gasteiger charge is -2.30. The van der Waals surface area contributed by atoms with Crippen LogP contribution in [0.1, 0.15) is 41.5 Å². The summed E-state index contributed by atoms with van der Waals surface area (Å²) in [6.07, 6.45) is -2.63. The third-order valence-corrected chi connectivity index (χ3v) is 5.94. The lowest BCUT2D eigenvalue weighted by molar-refractivity contribution is -0.137. The maximum Gasteiger partial charge on any atom is 0.416 e. The molecule has 0 radical (unpaired) electrons. The quantitative estimate of drug-likeness (QED) is 0.492. The Kier molecular flexibility index (Phi) is 6.49. The van der Waals surface area contributed by atoms with Gasteiger partial charge in [-0.05, 0) is 48.2 Å². The number of rotatable bonds is 6. The van der Waals surface area contributed by atoms with E-state index in [-0.39, 0.29) is 11.9 Å². The first-order valence-corrected chi connectivity index (χ1v) is 10.7. The van der Waals surface area contributed by atoms with Crippen LogP contribution in [0.4, 0.5) is 18.9 Å². The molecule has 32 heavy (non-hydrogen) atoms. The van der Waals surface area contributed by atoms with Gasteiger partial charge < -0.3 is 10.2 Å². The zero-order valence-electron chi connectivity index (χ0n) is 17.6. The van der Waals surface area contributed by atoms with E-state index >= 15 is 0 Å². The van der Waals surface area contributed by atoms with Crippen LogP contribution in [-0.4, -0.2) is 23.9 Å². The summed E-state index contributed by atoms with van der Waals surface area (Å²) in [6.45, 7) is 0.938. The van der Waals surface area contributed by atoms with Gasteiger partial charge in [0, 0.05) is 18.8 Å². The first kappa shape index (κ1) is 21.9. The summed E-state index contributed by atoms with van der Waals surface area (Å²) in [7, 11) is 0. The number of amides is 1. The van der Waals surface area contributed by atoms with E-state index < -0.39 is 17.7 Å². The normalized spacial score (nSPS) is 17.2. The van der Waals surface area contributed by atoms with Gasteiger partial charge >= 0.3 is 6.18 Å². The number of halogens is 3. The third-order valence-electron chi connectivity index (χ3n) is 5.94. The van der Waals surface area contributed by atoms with E-state index in [9.17, 15) is 18.0 Å². The molecular formula is C26H25F3N2O. The highest BCUT2D eigenvalue weighted by Gasteiger charge is 2.35. The zero-order valence-corrected chi connectivity index (χ0v) is 17.6. The predicted octanol–water partition coefficient (Wildman–Crippen LogP) is 6.26. The van der Waals surface area contributed by atoms with Crippen LogP contribution in [0.3, 0.4) is 0 Å². The molecule has 1 heterocycles. The van der Waals surface area contributed by atoms with Crippen molar-refractivity contribution >= 4 is 11.6 Å². The molecule has 4 rings (SSSR count). The van der Waals surface area contributed by atoms with Gasteiger partial charge in [-0.3, -0.25) is 4.79 Å². The Bertz CT molecular complexity index is 1020. The largest absolute Gasteiger partial charge is 0.416 e. The van der Waals surface area contributed by atoms with Gasteiger partial charge in [0.15, 0.2) is 0 Å². The van der Waals surface area contributed by atoms with Crippen LogP contribution in [0.25, 0.3) is 0 Å². The molecule has 3 nitrogen and oxygen atoms in total. The fraction of sp³-hybridized carbons (Fsp3) is 0.269. The lowest BCUT2D eigenvalue weighted by atomic mass is 9.95. The van der Waals surface area contributed by atoms with Crippen molar-refractivity contribution < 1.29 is 18.0 Å². The van der Waals surface area contributed by atoms with Gasteiger partial charge in [-0.15, -0.1) is 0 Å². The molecule has 0 aromatic heterocycles. The molecule has 0 bridgehead atoms. The molecule has 3 aromatic rings. The van der Waals surface area contributed by atoms with Gasteiger partial charge in [0.2, 0.25) is 5.91 Å². The number of alkyl halides is 3. The summed E-state index contributed by atoms with van der Waals surface area (Å²) < 4.78 is 39.1. The summed E-state index contributed by atoms with van der Waals surface area (Å²) in [6, 6.07) is 24.3. The van der Waals surface area contributed by atoms with Crippen molar-refractivity contribution in [3.63, 3.8) is 0 Å². The number of hydrogen-bond acceptors (Lipinski definition) is 2. The Morgan fingerprint density at radius 1 is 0.938 bits per heavy atom. The van der Waals surface area contributed by atoms with Crippen LogP contribution in [0, 0.1) is 0 Å². The minimum Gasteiger partial charge on any atom is -0.384 e. The Labute approximate surface area is 185 Å². The highest BCUT2D eigenvalue weighted by Crippen LogP contribution is 2.36. The average Bonchev–Trinajstić information content (AvgIpc) is 3.30. The maximum atomic E-state index is 13.7. The second-order valence-electron chi connectivity index (χ2n) is 8.02. The van der Waals surface area contributed by atoms with Crippen LogP contribution in [0.15, 0.2) is 84.9 Å². The Balaban J connectivity index is 1.61. The molecule has 1 saturated heterocycles. The van der Waals surface area contributed by atoms with E-state index in [1.807, 2.05) is 65.6 Å². The number of para-hydroxylation sites is 1. The Morgan fingerprint density at radius 2 is 1.56 bits per heavy atom. The minimum atomic E-state index is -4.41. The van der Waals surface area contributed by atoms with Gasteiger partial charge in [0.05, 0.1) is 17.5 Å². The number of benzene rings is 3. The summed E-state index contributed by atoms with van der Waals surface area (Å²) in [4.78, 5) is 15.6. The number of carbonyl (C=O) groups excluding carboxylic acids is 1. The Hall–Kier alpha value is -3.28. The molecule has 1 fully saturated rings. The summed E-state index contributed by atoms with van der Waals surface area (Å²) in [5.74, 6) is -0.665. The fourth-order valence-electron chi connectivity index (χ4n) is 4.28. The van der Waals surface area contributed by atoms with Crippen molar-refractivity contribution in [2.75, 3.05) is 18.4 Å². The standard InChI is InChI=1S/C26H25F3N2O/c27-26(28,29)21-15-13-19(14-16-21)23(18-30-22-10-5-2-6-11-22)25(32)31-17-7-12-24(31)20-8-3-1-4-9-20/h1-6,8-11,13-16,23-24,30H,7,12,17-18H2/t23-,24-/m1/s1. The van der Waals surface area contributed by atoms with Crippen molar-refractivity contribution in [1.29, 1.82) is 0 Å². The molecule has 0 spiro atoms. The van der Waals surface area contributed by atoms with Crippen molar-refractivity contribution in [1.82, 2.24) is 4.90 Å². The van der Waals surface area contributed by atoms with Crippen molar-refractivity contribution in [3.05, 3.63) is 102 Å². The summed E-state index contributed by atoms with van der Waals surface area (Å²) in [5, 5.41) is 3.28. The van der Waals surface area contributed by atoms with Gasteiger partial charge in [-0.25, -0.2) is 0 Å². The SMILES string of the molecule is O=C([C@H](CNc1ccccc1)c1ccc(C(F)(F)F)cc1)N1CCC[C@@H]1c1ccccc1. The zero-order chi connectivity index (χ0) is 22.6. The molecule has 0 aliphatic carbocycles. The van der Waals surface area contributed by atoms with E-state index in [2.05, 4.69) is 5.32 Å². The Morgan fingerprint density at radius 3 is 2.19 bits per heavy atom. The van der Waals surface area contributed by atoms with E-state index in [0.29, 0.717) is 18.7 Å². The minimum absolute atomic E-state index is 0.0163. The molecule has 2 atom stereocenters. The van der Waals surface area contributed by atoms with Crippen LogP contribution in [0.2, 0.25) is 0 Å². The first-order chi connectivity index (χ1) is 15.4. The van der Waals surface area contributed by atoms with Crippen LogP contribution < -0.4 is 5.32 Å². The third kappa shape index (κ3) is 4.96. The van der Waals surface area contributed by atoms with E-state index in [0.717, 1.165) is 36.2 Å². The molecule has 1 aliphatic heterocycles. The highest BCUT2D eigenvalue weighted by atomic mass is 19.4. The van der Waals surface area contributed by atoms with E-state index in [1.165, 1.54) is 12.1 Å². The topological polar surface area (TPSA) is 32.3 Å². The van der Waals surface area contributed by atoms with Gasteiger partial charge in [-0.1, -0.05) is 60.7 Å². The molecule has 0 unspecified atom stereocenters. The molecule has 166 valence electrons. The summed E-state index contributed by atoms with van der Waals surface area (Å²) in [5.41, 5.74) is 1.80. The van der Waals surface area contributed by atoms with Gasteiger partial charge in [0.1, 0.15) is 0 Å². The number of carbonyl (C=O) groups is 1. The van der Waals surface area contributed by atoms with Gasteiger partial charge in [-0.2, -0.15) is 13.2 Å². The van der Waals surface area contributed by atoms with E-state index in [4.69, 9.17) is 0 Å². The number of nitrogens with zero attached hydrogens (tertiary/aromatic N) is 1.